The zero-order valence-corrected chi connectivity index (χ0v) is 9.52. The minimum absolute atomic E-state index is 0.0648. The number of hydrogen-bond acceptors (Lipinski definition) is 2. The van der Waals surface area contributed by atoms with Crippen LogP contribution in [-0.4, -0.2) is 44.0 Å². The highest BCUT2D eigenvalue weighted by Gasteiger charge is 2.02. The van der Waals surface area contributed by atoms with E-state index in [1.807, 2.05) is 0 Å². The summed E-state index contributed by atoms with van der Waals surface area (Å²) < 4.78 is 0.962. The summed E-state index contributed by atoms with van der Waals surface area (Å²) in [4.78, 5) is 9.49. The summed E-state index contributed by atoms with van der Waals surface area (Å²) in [5.74, 6) is -0.432. The van der Waals surface area contributed by atoms with Crippen LogP contribution in [0.15, 0.2) is 12.2 Å². The third-order valence-corrected chi connectivity index (χ3v) is 1.27. The summed E-state index contributed by atoms with van der Waals surface area (Å²) in [6.45, 7) is 5.52. The molecule has 0 saturated carbocycles. The maximum Gasteiger partial charge on any atom is 0.0918 e. The first-order valence-electron chi connectivity index (χ1n) is 3.94. The van der Waals surface area contributed by atoms with E-state index < -0.39 is 5.97 Å². The zero-order chi connectivity index (χ0) is 11.1. The fraction of sp³-hybridized carbons (Fsp3) is 0.667. The van der Waals surface area contributed by atoms with E-state index in [9.17, 15) is 9.90 Å². The van der Waals surface area contributed by atoms with Crippen LogP contribution < -0.4 is 5.11 Å². The Kier molecular flexibility index (Phi) is 7.96. The molecule has 0 aromatic rings. The highest BCUT2D eigenvalue weighted by Crippen LogP contribution is 1.88. The van der Waals surface area contributed by atoms with E-state index in [-0.39, 0.29) is 5.57 Å². The molecule has 0 saturated heterocycles. The summed E-state index contributed by atoms with van der Waals surface area (Å²) in [6.07, 6.45) is 0. The Bertz CT molecular complexity index is 161. The van der Waals surface area contributed by atoms with Gasteiger partial charge in [-0.05, 0) is 12.5 Å². The molecule has 4 heteroatoms. The van der Waals surface area contributed by atoms with Crippen molar-refractivity contribution in [2.75, 3.05) is 33.6 Å². The first-order chi connectivity index (χ1) is 5.70. The number of hydrogen-bond donors (Lipinski definition) is 0. The van der Waals surface area contributed by atoms with Crippen LogP contribution in [0, 0.1) is 0 Å². The normalized spacial score (nSPS) is 9.92. The highest BCUT2D eigenvalue weighted by molar-refractivity contribution is 6.17. The first kappa shape index (κ1) is 15.0. The Labute approximate surface area is 85.2 Å². The molecule has 0 aromatic heterocycles. The van der Waals surface area contributed by atoms with Gasteiger partial charge in [0.15, 0.2) is 0 Å². The van der Waals surface area contributed by atoms with Crippen molar-refractivity contribution in [2.24, 2.45) is 0 Å². The second-order valence-electron chi connectivity index (χ2n) is 3.77. The number of carbonyl (C=O) groups excluding carboxylic acids is 1. The van der Waals surface area contributed by atoms with Crippen LogP contribution in [-0.2, 0) is 4.79 Å². The van der Waals surface area contributed by atoms with Crippen LogP contribution in [0.25, 0.3) is 0 Å². The van der Waals surface area contributed by atoms with E-state index in [0.717, 1.165) is 16.9 Å². The summed E-state index contributed by atoms with van der Waals surface area (Å²) in [7, 11) is 6.38. The van der Waals surface area contributed by atoms with Gasteiger partial charge in [-0.3, -0.25) is 0 Å². The largest absolute Gasteiger partial charge is 0.545 e. The fourth-order valence-electron chi connectivity index (χ4n) is 0.254. The number of aliphatic carboxylic acids is 1. The molecular formula is C9H18ClNO2. The van der Waals surface area contributed by atoms with E-state index in [2.05, 4.69) is 27.7 Å². The van der Waals surface area contributed by atoms with E-state index in [1.54, 1.807) is 0 Å². The number of carboxylic acids is 1. The molecule has 0 rings (SSSR count). The van der Waals surface area contributed by atoms with Gasteiger partial charge in [0.25, 0.3) is 0 Å². The van der Waals surface area contributed by atoms with Gasteiger partial charge in [0.2, 0.25) is 0 Å². The molecule has 0 aromatic carbocycles. The summed E-state index contributed by atoms with van der Waals surface area (Å²) in [5, 5.41) is 9.49. The van der Waals surface area contributed by atoms with Gasteiger partial charge in [0, 0.05) is 0 Å². The number of alkyl halides is 1. The maximum atomic E-state index is 9.49. The van der Waals surface area contributed by atoms with Crippen molar-refractivity contribution in [1.82, 2.24) is 0 Å². The molecule has 0 amide bonds. The standard InChI is InChI=1S/C5H13ClN.C4H6O2/c1-7(2,3)5-4-6;1-3(2)4(5)6/h4-5H2,1-3H3;1H2,2H3,(H,5,6)/q+1;/p-1. The van der Waals surface area contributed by atoms with Crippen molar-refractivity contribution in [2.45, 2.75) is 6.92 Å². The molecule has 0 atom stereocenters. The Balaban J connectivity index is 0. The molecule has 78 valence electrons. The molecule has 0 aliphatic rings. The Morgan fingerprint density at radius 1 is 1.46 bits per heavy atom. The predicted octanol–water partition coefficient (Wildman–Crippen LogP) is 0.244. The number of quaternary nitrogens is 1. The molecule has 0 radical (unpaired) electrons. The third kappa shape index (κ3) is 18.4. The molecule has 0 aliphatic heterocycles. The fourth-order valence-corrected chi connectivity index (χ4v) is 0.761. The molecule has 0 N–H and O–H groups in total. The van der Waals surface area contributed by atoms with Crippen LogP contribution in [0.1, 0.15) is 6.92 Å². The Hall–Kier alpha value is -0.540. The monoisotopic (exact) mass is 207 g/mol. The summed E-state index contributed by atoms with van der Waals surface area (Å²) in [5.41, 5.74) is 0.0648. The molecule has 0 unspecified atom stereocenters. The lowest BCUT2D eigenvalue weighted by atomic mass is 10.4. The minimum Gasteiger partial charge on any atom is -0.545 e. The second-order valence-corrected chi connectivity index (χ2v) is 4.15. The number of halogens is 1. The zero-order valence-electron chi connectivity index (χ0n) is 8.76. The van der Waals surface area contributed by atoms with Gasteiger partial charge in [-0.15, -0.1) is 11.6 Å². The lowest BCUT2D eigenvalue weighted by Gasteiger charge is -2.21. The Morgan fingerprint density at radius 3 is 1.77 bits per heavy atom. The molecule has 0 spiro atoms. The smallest absolute Gasteiger partial charge is 0.0918 e. The van der Waals surface area contributed by atoms with Crippen LogP contribution in [0.5, 0.6) is 0 Å². The van der Waals surface area contributed by atoms with Crippen molar-refractivity contribution < 1.29 is 14.4 Å². The molecule has 0 heterocycles. The Morgan fingerprint density at radius 2 is 1.77 bits per heavy atom. The van der Waals surface area contributed by atoms with Gasteiger partial charge in [0.1, 0.15) is 0 Å². The van der Waals surface area contributed by atoms with E-state index >= 15 is 0 Å². The highest BCUT2D eigenvalue weighted by atomic mass is 35.5. The SMILES string of the molecule is C=C(C)C(=O)[O-].C[N+](C)(C)CCCl. The number of carboxylic acid groups (broad SMARTS) is 1. The third-order valence-electron chi connectivity index (χ3n) is 1.10. The number of rotatable bonds is 3. The lowest BCUT2D eigenvalue weighted by molar-refractivity contribution is -0.867. The van der Waals surface area contributed by atoms with Crippen LogP contribution in [0.2, 0.25) is 0 Å². The van der Waals surface area contributed by atoms with Crippen molar-refractivity contribution in [3.05, 3.63) is 12.2 Å². The molecule has 3 nitrogen and oxygen atoms in total. The van der Waals surface area contributed by atoms with Gasteiger partial charge in [-0.2, -0.15) is 0 Å². The predicted molar refractivity (Wildman–Crippen MR) is 53.4 cm³/mol. The minimum atomic E-state index is -1.19. The quantitative estimate of drug-likeness (QED) is 0.378. The average molecular weight is 208 g/mol. The van der Waals surface area contributed by atoms with Crippen molar-refractivity contribution in [3.8, 4) is 0 Å². The van der Waals surface area contributed by atoms with Crippen LogP contribution in [0.3, 0.4) is 0 Å². The first-order valence-corrected chi connectivity index (χ1v) is 4.47. The van der Waals surface area contributed by atoms with Gasteiger partial charge in [0.05, 0.1) is 39.5 Å². The summed E-state index contributed by atoms with van der Waals surface area (Å²) >= 11 is 5.47. The van der Waals surface area contributed by atoms with Crippen molar-refractivity contribution in [1.29, 1.82) is 0 Å². The average Bonchev–Trinajstić information content (AvgIpc) is 1.85. The molecule has 0 aliphatic carbocycles. The number of nitrogens with zero attached hydrogens (tertiary/aromatic N) is 1. The molecule has 13 heavy (non-hydrogen) atoms. The van der Waals surface area contributed by atoms with Gasteiger partial charge in [-0.25, -0.2) is 0 Å². The van der Waals surface area contributed by atoms with Crippen LogP contribution in [0.4, 0.5) is 0 Å². The molecular weight excluding hydrogens is 190 g/mol. The maximum absolute atomic E-state index is 9.49. The van der Waals surface area contributed by atoms with Crippen LogP contribution >= 0.6 is 11.6 Å². The van der Waals surface area contributed by atoms with Gasteiger partial charge < -0.3 is 14.4 Å². The summed E-state index contributed by atoms with van der Waals surface area (Å²) in [6, 6.07) is 0. The van der Waals surface area contributed by atoms with E-state index in [4.69, 9.17) is 11.6 Å². The van der Waals surface area contributed by atoms with Crippen molar-refractivity contribution in [3.63, 3.8) is 0 Å². The topological polar surface area (TPSA) is 40.1 Å². The van der Waals surface area contributed by atoms with Gasteiger partial charge in [-0.1, -0.05) is 6.58 Å². The lowest BCUT2D eigenvalue weighted by Crippen LogP contribution is -2.35. The number of carbonyl (C=O) groups is 1. The van der Waals surface area contributed by atoms with Crippen molar-refractivity contribution >= 4 is 17.6 Å². The van der Waals surface area contributed by atoms with Gasteiger partial charge >= 0.3 is 0 Å². The second kappa shape index (κ2) is 6.92. The van der Waals surface area contributed by atoms with E-state index in [1.165, 1.54) is 6.92 Å². The van der Waals surface area contributed by atoms with E-state index in [0.29, 0.717) is 0 Å². The molecule has 0 fully saturated rings. The molecule has 0 bridgehead atoms.